The maximum atomic E-state index is 13.8. The van der Waals surface area contributed by atoms with Crippen molar-refractivity contribution in [3.8, 4) is 22.8 Å². The second-order valence-corrected chi connectivity index (χ2v) is 10.5. The summed E-state index contributed by atoms with van der Waals surface area (Å²) >= 11 is 7.50. The van der Waals surface area contributed by atoms with E-state index in [-0.39, 0.29) is 41.2 Å². The number of thiazole rings is 1. The minimum Gasteiger partial charge on any atom is -0.463 e. The summed E-state index contributed by atoms with van der Waals surface area (Å²) in [6.07, 6.45) is 1.71. The van der Waals surface area contributed by atoms with Crippen LogP contribution < -0.4 is 24.4 Å². The second kappa shape index (κ2) is 10.4. The standard InChI is InChI=1S/C28H20ClN3O8S/c1-3-37-27(34)24-14(2)30-28-31(26(33)23(41-28)11-15-4-7-20-22(10-15)39-13-38-20)25(24)21-9-8-19(40-21)17-12-16(32(35)36)5-6-18(17)29/h4-12,25H,3,13H2,1-2H3/b23-11-/t25-/m1/s1. The van der Waals surface area contributed by atoms with E-state index in [4.69, 9.17) is 30.2 Å². The van der Waals surface area contributed by atoms with Gasteiger partial charge in [0, 0.05) is 17.7 Å². The molecule has 0 radical (unpaired) electrons. The highest BCUT2D eigenvalue weighted by atomic mass is 35.5. The summed E-state index contributed by atoms with van der Waals surface area (Å²) in [4.78, 5) is 42.7. The van der Waals surface area contributed by atoms with Crippen LogP contribution in [0.5, 0.6) is 11.5 Å². The maximum absolute atomic E-state index is 13.8. The Bertz CT molecular complexity index is 1950. The number of non-ortho nitro benzene ring substituents is 1. The van der Waals surface area contributed by atoms with Crippen LogP contribution in [0.4, 0.5) is 5.69 Å². The Morgan fingerprint density at radius 1 is 1.22 bits per heavy atom. The van der Waals surface area contributed by atoms with Crippen molar-refractivity contribution in [3.05, 3.63) is 106 Å². The molecule has 0 amide bonds. The third-order valence-corrected chi connectivity index (χ3v) is 7.85. The molecule has 208 valence electrons. The first kappa shape index (κ1) is 26.5. The molecule has 41 heavy (non-hydrogen) atoms. The highest BCUT2D eigenvalue weighted by Crippen LogP contribution is 2.37. The number of fused-ring (bicyclic) bond motifs is 2. The summed E-state index contributed by atoms with van der Waals surface area (Å²) in [5, 5.41) is 11.6. The first-order valence-electron chi connectivity index (χ1n) is 12.4. The number of nitro groups is 1. The molecule has 13 heteroatoms. The molecule has 0 unspecified atom stereocenters. The number of hydrogen-bond donors (Lipinski definition) is 0. The molecular weight excluding hydrogens is 574 g/mol. The van der Waals surface area contributed by atoms with Crippen molar-refractivity contribution in [1.29, 1.82) is 0 Å². The normalized spacial score (nSPS) is 16.0. The average molecular weight is 594 g/mol. The number of allylic oxidation sites excluding steroid dienone is 1. The smallest absolute Gasteiger partial charge is 0.338 e. The third kappa shape index (κ3) is 4.70. The van der Waals surface area contributed by atoms with Gasteiger partial charge in [0.25, 0.3) is 11.2 Å². The van der Waals surface area contributed by atoms with Crippen LogP contribution in [-0.2, 0) is 9.53 Å². The van der Waals surface area contributed by atoms with Crippen LogP contribution in [0, 0.1) is 10.1 Å². The Balaban J connectivity index is 1.50. The van der Waals surface area contributed by atoms with E-state index in [1.54, 1.807) is 50.3 Å². The van der Waals surface area contributed by atoms with Crippen molar-refractivity contribution in [2.24, 2.45) is 4.99 Å². The number of halogens is 1. The monoisotopic (exact) mass is 593 g/mol. The van der Waals surface area contributed by atoms with Crippen LogP contribution in [0.1, 0.15) is 31.2 Å². The lowest BCUT2D eigenvalue weighted by Crippen LogP contribution is -2.39. The van der Waals surface area contributed by atoms with Gasteiger partial charge >= 0.3 is 5.97 Å². The number of ether oxygens (including phenoxy) is 3. The van der Waals surface area contributed by atoms with Crippen LogP contribution in [0.3, 0.4) is 0 Å². The number of esters is 1. The zero-order valence-corrected chi connectivity index (χ0v) is 23.2. The van der Waals surface area contributed by atoms with Gasteiger partial charge in [-0.2, -0.15) is 0 Å². The number of aromatic nitrogens is 1. The van der Waals surface area contributed by atoms with Gasteiger partial charge in [0.05, 0.1) is 32.4 Å². The van der Waals surface area contributed by atoms with Crippen LogP contribution in [-0.4, -0.2) is 28.9 Å². The average Bonchev–Trinajstić information content (AvgIpc) is 3.68. The second-order valence-electron chi connectivity index (χ2n) is 9.04. The largest absolute Gasteiger partial charge is 0.463 e. The minimum atomic E-state index is -1.00. The van der Waals surface area contributed by atoms with Crippen LogP contribution >= 0.6 is 22.9 Å². The number of nitro benzene ring substituents is 1. The van der Waals surface area contributed by atoms with Crippen molar-refractivity contribution in [1.82, 2.24) is 4.57 Å². The lowest BCUT2D eigenvalue weighted by atomic mass is 10.0. The molecule has 0 N–H and O–H groups in total. The van der Waals surface area contributed by atoms with Gasteiger partial charge in [-0.15, -0.1) is 0 Å². The van der Waals surface area contributed by atoms with E-state index in [0.29, 0.717) is 32.1 Å². The fourth-order valence-corrected chi connectivity index (χ4v) is 5.93. The molecule has 4 aromatic rings. The number of hydrogen-bond acceptors (Lipinski definition) is 10. The van der Waals surface area contributed by atoms with E-state index in [1.165, 1.54) is 22.8 Å². The summed E-state index contributed by atoms with van der Waals surface area (Å²) in [7, 11) is 0. The zero-order chi connectivity index (χ0) is 28.8. The number of rotatable bonds is 6. The third-order valence-electron chi connectivity index (χ3n) is 6.53. The molecule has 6 rings (SSSR count). The Hall–Kier alpha value is -4.68. The quantitative estimate of drug-likeness (QED) is 0.183. The van der Waals surface area contributed by atoms with Crippen molar-refractivity contribution in [2.45, 2.75) is 19.9 Å². The Kier molecular flexibility index (Phi) is 6.72. The molecule has 2 aliphatic rings. The van der Waals surface area contributed by atoms with E-state index < -0.39 is 22.5 Å². The molecule has 2 aromatic heterocycles. The van der Waals surface area contributed by atoms with Crippen LogP contribution in [0.15, 0.2) is 74.0 Å². The molecule has 1 atom stereocenters. The van der Waals surface area contributed by atoms with Crippen molar-refractivity contribution >= 4 is 40.7 Å². The molecule has 2 aliphatic heterocycles. The SMILES string of the molecule is CCOC(=O)C1=C(C)N=c2s/c(=C\c3ccc4c(c3)OCO4)c(=O)n2[C@@H]1c1ccc(-c2cc([N+](=O)[O-])ccc2Cl)o1. The highest BCUT2D eigenvalue weighted by molar-refractivity contribution is 7.07. The Morgan fingerprint density at radius 3 is 2.80 bits per heavy atom. The number of benzene rings is 2. The van der Waals surface area contributed by atoms with Gasteiger partial charge in [0.1, 0.15) is 17.6 Å². The van der Waals surface area contributed by atoms with E-state index >= 15 is 0 Å². The molecule has 4 heterocycles. The number of carbonyl (C=O) groups excluding carboxylic acids is 1. The predicted molar refractivity (Wildman–Crippen MR) is 149 cm³/mol. The summed E-state index contributed by atoms with van der Waals surface area (Å²) in [5.74, 6) is 1.02. The van der Waals surface area contributed by atoms with E-state index in [9.17, 15) is 19.7 Å². The van der Waals surface area contributed by atoms with Gasteiger partial charge in [-0.05, 0) is 55.8 Å². The number of nitrogens with zero attached hydrogens (tertiary/aromatic N) is 3. The van der Waals surface area contributed by atoms with Crippen molar-refractivity contribution < 1.29 is 28.3 Å². The van der Waals surface area contributed by atoms with E-state index in [1.807, 2.05) is 0 Å². The fourth-order valence-electron chi connectivity index (χ4n) is 4.68. The van der Waals surface area contributed by atoms with Crippen LogP contribution in [0.2, 0.25) is 5.02 Å². The number of carbonyl (C=O) groups is 1. The fraction of sp³-hybridized carbons (Fsp3) is 0.179. The molecule has 0 fully saturated rings. The number of furan rings is 1. The van der Waals surface area contributed by atoms with Gasteiger partial charge in [0.15, 0.2) is 16.3 Å². The van der Waals surface area contributed by atoms with Gasteiger partial charge in [0.2, 0.25) is 6.79 Å². The summed E-state index contributed by atoms with van der Waals surface area (Å²) < 4.78 is 24.0. The first-order valence-corrected chi connectivity index (χ1v) is 13.6. The summed E-state index contributed by atoms with van der Waals surface area (Å²) in [6.45, 7) is 3.58. The van der Waals surface area contributed by atoms with Gasteiger partial charge in [-0.1, -0.05) is 29.0 Å². The van der Waals surface area contributed by atoms with Crippen molar-refractivity contribution in [3.63, 3.8) is 0 Å². The molecular formula is C28H20ClN3O8S. The molecule has 0 saturated carbocycles. The molecule has 2 aromatic carbocycles. The molecule has 0 saturated heterocycles. The Labute approximate surface area is 240 Å². The zero-order valence-electron chi connectivity index (χ0n) is 21.6. The predicted octanol–water partition coefficient (Wildman–Crippen LogP) is 4.35. The van der Waals surface area contributed by atoms with E-state index in [2.05, 4.69) is 4.99 Å². The molecule has 11 nitrogen and oxygen atoms in total. The minimum absolute atomic E-state index is 0.115. The molecule has 0 spiro atoms. The highest BCUT2D eigenvalue weighted by Gasteiger charge is 2.35. The van der Waals surface area contributed by atoms with Gasteiger partial charge in [-0.3, -0.25) is 19.5 Å². The van der Waals surface area contributed by atoms with Gasteiger partial charge < -0.3 is 18.6 Å². The molecule has 0 bridgehead atoms. The maximum Gasteiger partial charge on any atom is 0.338 e. The summed E-state index contributed by atoms with van der Waals surface area (Å²) in [5.41, 5.74) is 0.966. The molecule has 0 aliphatic carbocycles. The lowest BCUT2D eigenvalue weighted by molar-refractivity contribution is -0.384. The summed E-state index contributed by atoms with van der Waals surface area (Å²) in [6, 6.07) is 11.5. The first-order chi connectivity index (χ1) is 19.7. The Morgan fingerprint density at radius 2 is 2.02 bits per heavy atom. The van der Waals surface area contributed by atoms with Crippen LogP contribution in [0.25, 0.3) is 17.4 Å². The van der Waals surface area contributed by atoms with E-state index in [0.717, 1.165) is 16.9 Å². The van der Waals surface area contributed by atoms with Crippen molar-refractivity contribution in [2.75, 3.05) is 13.4 Å². The van der Waals surface area contributed by atoms with Gasteiger partial charge in [-0.25, -0.2) is 9.79 Å². The topological polar surface area (TPSA) is 135 Å². The lowest BCUT2D eigenvalue weighted by Gasteiger charge is -2.22.